The molecule has 0 aromatic carbocycles. The van der Waals surface area contributed by atoms with Crippen molar-refractivity contribution in [2.45, 2.75) is 79.6 Å². The predicted molar refractivity (Wildman–Crippen MR) is 219 cm³/mol. The summed E-state index contributed by atoms with van der Waals surface area (Å²) in [5.41, 5.74) is 8.63. The van der Waals surface area contributed by atoms with E-state index in [4.69, 9.17) is 24.5 Å². The third-order valence-corrected chi connectivity index (χ3v) is 9.87. The van der Waals surface area contributed by atoms with Gasteiger partial charge in [-0.3, -0.25) is 43.8 Å². The molecular weight excluding hydrogens is 812 g/mol. The highest BCUT2D eigenvalue weighted by atomic mass is 16.4. The lowest BCUT2D eigenvalue weighted by molar-refractivity contribution is -0.144. The molecule has 0 saturated carbocycles. The van der Waals surface area contributed by atoms with Crippen LogP contribution < -0.4 is 5.73 Å². The highest BCUT2D eigenvalue weighted by Gasteiger charge is 2.26. The van der Waals surface area contributed by atoms with Crippen LogP contribution in [0.15, 0.2) is 33.1 Å². The van der Waals surface area contributed by atoms with Gasteiger partial charge in [0.15, 0.2) is 0 Å². The molecule has 0 amide bonds. The first-order chi connectivity index (χ1) is 29.3. The number of hydrogen-bond acceptors (Lipinski definition) is 14. The molecule has 4 aromatic rings. The van der Waals surface area contributed by atoms with Crippen LogP contribution in [0.5, 0.6) is 0 Å². The molecular formula is C42H52N6O14. The molecule has 4 rings (SSSR count). The number of pyridine rings is 2. The summed E-state index contributed by atoms with van der Waals surface area (Å²) in [6.07, 6.45) is 3.19. The van der Waals surface area contributed by atoms with Crippen molar-refractivity contribution in [3.63, 3.8) is 0 Å². The van der Waals surface area contributed by atoms with E-state index in [0.717, 1.165) is 19.3 Å². The molecule has 62 heavy (non-hydrogen) atoms. The number of rotatable bonds is 26. The molecule has 0 fully saturated rings. The Bertz CT molecular complexity index is 2120. The van der Waals surface area contributed by atoms with Gasteiger partial charge in [0.1, 0.15) is 34.2 Å². The highest BCUT2D eigenvalue weighted by molar-refractivity contribution is 5.93. The number of nitrogens with two attached hydrogens (primary N) is 1. The van der Waals surface area contributed by atoms with Gasteiger partial charge in [0.25, 0.3) is 0 Å². The fraction of sp³-hybridized carbons (Fsp3) is 0.429. The Kier molecular flexibility index (Phi) is 17.0. The average molecular weight is 865 g/mol. The number of carboxylic acids is 6. The van der Waals surface area contributed by atoms with Crippen molar-refractivity contribution < 1.29 is 68.2 Å². The molecule has 0 aliphatic carbocycles. The fourth-order valence-corrected chi connectivity index (χ4v) is 7.44. The zero-order chi connectivity index (χ0) is 45.8. The van der Waals surface area contributed by atoms with E-state index in [1.807, 2.05) is 4.90 Å². The van der Waals surface area contributed by atoms with Crippen LogP contribution in [-0.4, -0.2) is 130 Å². The minimum absolute atomic E-state index is 0.0260. The van der Waals surface area contributed by atoms with Crippen molar-refractivity contribution in [3.8, 4) is 22.6 Å². The van der Waals surface area contributed by atoms with Crippen LogP contribution in [0, 0.1) is 27.7 Å². The molecule has 0 radical (unpaired) electrons. The number of carbonyl (C=O) groups is 6. The van der Waals surface area contributed by atoms with E-state index in [2.05, 4.69) is 0 Å². The van der Waals surface area contributed by atoms with Crippen LogP contribution in [0.2, 0.25) is 0 Å². The number of aromatic nitrogens is 2. The first kappa shape index (κ1) is 48.2. The van der Waals surface area contributed by atoms with E-state index in [1.165, 1.54) is 23.6 Å². The number of aryl methyl sites for hydroxylation is 2. The summed E-state index contributed by atoms with van der Waals surface area (Å²) >= 11 is 0. The summed E-state index contributed by atoms with van der Waals surface area (Å²) in [5.74, 6) is -6.62. The third kappa shape index (κ3) is 13.5. The Morgan fingerprint density at radius 3 is 1.13 bits per heavy atom. The maximum atomic E-state index is 12.1. The minimum Gasteiger partial charge on any atom is -0.480 e. The summed E-state index contributed by atoms with van der Waals surface area (Å²) in [7, 11) is 0. The van der Waals surface area contributed by atoms with Crippen LogP contribution >= 0.6 is 0 Å². The first-order valence-corrected chi connectivity index (χ1v) is 19.7. The molecule has 20 nitrogen and oxygen atoms in total. The Balaban J connectivity index is 1.86. The summed E-state index contributed by atoms with van der Waals surface area (Å²) in [5, 5.41) is 57.9. The molecule has 0 aliphatic heterocycles. The summed E-state index contributed by atoms with van der Waals surface area (Å²) in [6.45, 7) is 4.68. The average Bonchev–Trinajstić information content (AvgIpc) is 3.62. The van der Waals surface area contributed by atoms with Crippen molar-refractivity contribution >= 4 is 35.8 Å². The molecule has 334 valence electrons. The molecule has 0 spiro atoms. The van der Waals surface area contributed by atoms with Crippen molar-refractivity contribution in [3.05, 3.63) is 80.8 Å². The van der Waals surface area contributed by atoms with Crippen molar-refractivity contribution in [1.29, 1.82) is 0 Å². The Hall–Kier alpha value is -6.48. The fourth-order valence-electron chi connectivity index (χ4n) is 7.44. The maximum Gasteiger partial charge on any atom is 0.339 e. The van der Waals surface area contributed by atoms with E-state index in [9.17, 15) is 59.4 Å². The van der Waals surface area contributed by atoms with Crippen molar-refractivity contribution in [1.82, 2.24) is 24.7 Å². The Labute approximate surface area is 356 Å². The van der Waals surface area contributed by atoms with Crippen molar-refractivity contribution in [2.24, 2.45) is 5.73 Å². The number of aromatic carboxylic acids is 2. The van der Waals surface area contributed by atoms with Crippen LogP contribution in [0.4, 0.5) is 0 Å². The van der Waals surface area contributed by atoms with Crippen LogP contribution in [-0.2, 0) is 45.4 Å². The number of carboxylic acid groups (broad SMARTS) is 6. The lowest BCUT2D eigenvalue weighted by Crippen LogP contribution is -2.34. The standard InChI is InChI=1S/C42H52N6O14/c1-23-37(41(57)58)25(3)61-39(23)27-11-29(44-31(13-27)17-47(19-33(49)50)20-34(51)52)15-46(10-8-6-5-7-9-43)16-30-12-28(40-24(2)38(42(59)60)26(4)62-40)14-32(45-30)18-48(21-35(53)54)22-36(55)56/h11-14H,5-10,15-22,43H2,1-4H3,(H,49,50)(H,51,52)(H,53,54)(H,55,56)(H,57,58)(H,59,60). The zero-order valence-corrected chi connectivity index (χ0v) is 35.0. The molecule has 4 aromatic heterocycles. The molecule has 20 heteroatoms. The lowest BCUT2D eigenvalue weighted by Gasteiger charge is -2.24. The second kappa shape index (κ2) is 21.9. The number of nitrogens with zero attached hydrogens (tertiary/aromatic N) is 5. The normalized spacial score (nSPS) is 11.5. The number of aliphatic carboxylic acids is 4. The Morgan fingerprint density at radius 1 is 0.516 bits per heavy atom. The van der Waals surface area contributed by atoms with Gasteiger partial charge in [0.05, 0.1) is 49.0 Å². The zero-order valence-electron chi connectivity index (χ0n) is 35.0. The number of furan rings is 2. The van der Waals surface area contributed by atoms with E-state index in [1.54, 1.807) is 38.1 Å². The predicted octanol–water partition coefficient (Wildman–Crippen LogP) is 4.09. The summed E-state index contributed by atoms with van der Waals surface area (Å²) in [4.78, 5) is 85.0. The third-order valence-electron chi connectivity index (χ3n) is 9.87. The quantitative estimate of drug-likeness (QED) is 0.0437. The smallest absolute Gasteiger partial charge is 0.339 e. The first-order valence-electron chi connectivity index (χ1n) is 19.7. The molecule has 0 saturated heterocycles. The second-order valence-electron chi connectivity index (χ2n) is 15.0. The van der Waals surface area contributed by atoms with E-state index in [-0.39, 0.29) is 71.7 Å². The number of hydrogen-bond donors (Lipinski definition) is 7. The van der Waals surface area contributed by atoms with Gasteiger partial charge in [-0.05, 0) is 77.9 Å². The second-order valence-corrected chi connectivity index (χ2v) is 15.0. The van der Waals surface area contributed by atoms with Gasteiger partial charge in [0.2, 0.25) is 0 Å². The van der Waals surface area contributed by atoms with Crippen LogP contribution in [0.1, 0.15) is 91.8 Å². The molecule has 0 atom stereocenters. The highest BCUT2D eigenvalue weighted by Crippen LogP contribution is 2.34. The van der Waals surface area contributed by atoms with E-state index < -0.39 is 62.0 Å². The Morgan fingerprint density at radius 2 is 0.839 bits per heavy atom. The molecule has 0 bridgehead atoms. The van der Waals surface area contributed by atoms with Crippen LogP contribution in [0.3, 0.4) is 0 Å². The van der Waals surface area contributed by atoms with E-state index >= 15 is 0 Å². The van der Waals surface area contributed by atoms with Gasteiger partial charge in [-0.2, -0.15) is 0 Å². The van der Waals surface area contributed by atoms with Gasteiger partial charge < -0.3 is 45.2 Å². The van der Waals surface area contributed by atoms with Gasteiger partial charge in [-0.1, -0.05) is 12.8 Å². The SMILES string of the molecule is Cc1oc(-c2cc(CN(CC(=O)O)CC(=O)O)nc(CN(CCCCCCN)Cc3cc(-c4oc(C)c(C(=O)O)c4C)cc(CN(CC(=O)O)CC(=O)O)n3)c2)c(C)c1C(=O)O. The maximum absolute atomic E-state index is 12.1. The van der Waals surface area contributed by atoms with Gasteiger partial charge in [-0.15, -0.1) is 0 Å². The van der Waals surface area contributed by atoms with E-state index in [0.29, 0.717) is 53.2 Å². The molecule has 0 unspecified atom stereocenters. The monoisotopic (exact) mass is 864 g/mol. The molecule has 4 heterocycles. The largest absolute Gasteiger partial charge is 0.480 e. The van der Waals surface area contributed by atoms with Gasteiger partial charge in [-0.25, -0.2) is 9.59 Å². The van der Waals surface area contributed by atoms with Crippen LogP contribution in [0.25, 0.3) is 22.6 Å². The number of unbranched alkanes of at least 4 members (excludes halogenated alkanes) is 3. The van der Waals surface area contributed by atoms with Gasteiger partial charge >= 0.3 is 35.8 Å². The summed E-state index contributed by atoms with van der Waals surface area (Å²) < 4.78 is 11.9. The topological polar surface area (TPSA) is 312 Å². The lowest BCUT2D eigenvalue weighted by atomic mass is 10.0. The molecule has 0 aliphatic rings. The van der Waals surface area contributed by atoms with Crippen molar-refractivity contribution in [2.75, 3.05) is 39.3 Å². The molecule has 8 N–H and O–H groups in total. The minimum atomic E-state index is -1.26. The summed E-state index contributed by atoms with van der Waals surface area (Å²) in [6, 6.07) is 6.58. The van der Waals surface area contributed by atoms with Gasteiger partial charge in [0, 0.05) is 48.4 Å².